The third-order valence-electron chi connectivity index (χ3n) is 3.83. The van der Waals surface area contributed by atoms with Crippen LogP contribution in [0.25, 0.3) is 0 Å². The lowest BCUT2D eigenvalue weighted by Gasteiger charge is -2.31. The van der Waals surface area contributed by atoms with Gasteiger partial charge in [0, 0.05) is 33.1 Å². The maximum absolute atomic E-state index is 5.12. The van der Waals surface area contributed by atoms with E-state index in [2.05, 4.69) is 49.6 Å². The number of fused-ring (bicyclic) bond motifs is 1. The predicted octanol–water partition coefficient (Wildman–Crippen LogP) is 1.55. The summed E-state index contributed by atoms with van der Waals surface area (Å²) in [6.07, 6.45) is 1.75. The Hall–Kier alpha value is -2.37. The van der Waals surface area contributed by atoms with E-state index in [1.165, 1.54) is 11.1 Å². The summed E-state index contributed by atoms with van der Waals surface area (Å²) in [7, 11) is 1.82. The second-order valence-corrected chi connectivity index (χ2v) is 5.40. The van der Waals surface area contributed by atoms with E-state index in [1.807, 2.05) is 14.0 Å². The number of aromatic nitrogens is 2. The Kier molecular flexibility index (Phi) is 4.37. The molecule has 0 radical (unpaired) electrons. The lowest BCUT2D eigenvalue weighted by atomic mass is 10.0. The van der Waals surface area contributed by atoms with E-state index in [-0.39, 0.29) is 0 Å². The summed E-state index contributed by atoms with van der Waals surface area (Å²) in [4.78, 5) is 10.9. The first kappa shape index (κ1) is 14.6. The van der Waals surface area contributed by atoms with Gasteiger partial charge in [0.15, 0.2) is 11.8 Å². The molecule has 0 bridgehead atoms. The van der Waals surface area contributed by atoms with Crippen molar-refractivity contribution in [1.82, 2.24) is 20.4 Å². The summed E-state index contributed by atoms with van der Waals surface area (Å²) in [6, 6.07) is 8.60. The van der Waals surface area contributed by atoms with Gasteiger partial charge in [-0.3, -0.25) is 4.99 Å². The molecule has 1 aromatic heterocycles. The molecule has 0 saturated heterocycles. The molecule has 2 heterocycles. The van der Waals surface area contributed by atoms with Crippen molar-refractivity contribution in [2.24, 2.45) is 4.99 Å². The molecule has 0 aliphatic carbocycles. The Morgan fingerprint density at radius 1 is 1.36 bits per heavy atom. The highest BCUT2D eigenvalue weighted by Gasteiger charge is 2.18. The second-order valence-electron chi connectivity index (χ2n) is 5.40. The number of guanidine groups is 1. The number of benzene rings is 1. The lowest BCUT2D eigenvalue weighted by molar-refractivity contribution is 0.366. The van der Waals surface area contributed by atoms with Crippen LogP contribution in [0.3, 0.4) is 0 Å². The first-order chi connectivity index (χ1) is 10.8. The normalized spacial score (nSPS) is 14.8. The van der Waals surface area contributed by atoms with Crippen molar-refractivity contribution in [1.29, 1.82) is 0 Å². The smallest absolute Gasteiger partial charge is 0.228 e. The molecule has 0 saturated carbocycles. The van der Waals surface area contributed by atoms with Crippen molar-refractivity contribution in [2.75, 3.05) is 20.1 Å². The Labute approximate surface area is 130 Å². The molecule has 22 heavy (non-hydrogen) atoms. The minimum atomic E-state index is 0.657. The standard InChI is InChI=1S/C16H21N5O/c1-12-19-15(22-20-12)7-9-18-16(17-2)21-10-8-13-5-3-4-6-14(13)11-21/h3-6H,7-11H2,1-2H3,(H,17,18). The van der Waals surface area contributed by atoms with Crippen molar-refractivity contribution in [2.45, 2.75) is 26.3 Å². The first-order valence-electron chi connectivity index (χ1n) is 7.58. The number of aliphatic imine (C=N–C) groups is 1. The molecular weight excluding hydrogens is 278 g/mol. The largest absolute Gasteiger partial charge is 0.356 e. The Morgan fingerprint density at radius 3 is 2.91 bits per heavy atom. The maximum atomic E-state index is 5.12. The van der Waals surface area contributed by atoms with E-state index < -0.39 is 0 Å². The van der Waals surface area contributed by atoms with Gasteiger partial charge in [-0.05, 0) is 24.5 Å². The zero-order valence-electron chi connectivity index (χ0n) is 13.0. The number of rotatable bonds is 3. The summed E-state index contributed by atoms with van der Waals surface area (Å²) in [5.41, 5.74) is 2.82. The number of hydrogen-bond acceptors (Lipinski definition) is 4. The molecule has 2 aromatic rings. The zero-order chi connectivity index (χ0) is 15.4. The van der Waals surface area contributed by atoms with Gasteiger partial charge in [0.2, 0.25) is 5.89 Å². The Bertz CT molecular complexity index is 664. The molecule has 116 valence electrons. The Balaban J connectivity index is 1.56. The molecule has 0 spiro atoms. The van der Waals surface area contributed by atoms with E-state index in [0.717, 1.165) is 32.0 Å². The molecule has 1 aromatic carbocycles. The molecule has 0 amide bonds. The van der Waals surface area contributed by atoms with E-state index in [4.69, 9.17) is 4.52 Å². The third-order valence-corrected chi connectivity index (χ3v) is 3.83. The van der Waals surface area contributed by atoms with Crippen LogP contribution in [0.2, 0.25) is 0 Å². The van der Waals surface area contributed by atoms with Gasteiger partial charge in [-0.15, -0.1) is 0 Å². The van der Waals surface area contributed by atoms with Crippen LogP contribution in [-0.2, 0) is 19.4 Å². The van der Waals surface area contributed by atoms with Crippen molar-refractivity contribution in [3.8, 4) is 0 Å². The van der Waals surface area contributed by atoms with Gasteiger partial charge in [-0.25, -0.2) is 0 Å². The van der Waals surface area contributed by atoms with Crippen LogP contribution in [0.15, 0.2) is 33.8 Å². The van der Waals surface area contributed by atoms with E-state index in [1.54, 1.807) is 0 Å². The van der Waals surface area contributed by atoms with E-state index in [9.17, 15) is 0 Å². The number of nitrogens with one attached hydrogen (secondary N) is 1. The molecule has 0 atom stereocenters. The molecule has 0 unspecified atom stereocenters. The van der Waals surface area contributed by atoms with Crippen molar-refractivity contribution >= 4 is 5.96 Å². The fraction of sp³-hybridized carbons (Fsp3) is 0.438. The topological polar surface area (TPSA) is 66.5 Å². The molecular formula is C16H21N5O. The highest BCUT2D eigenvalue weighted by molar-refractivity contribution is 5.80. The average Bonchev–Trinajstić information content (AvgIpc) is 2.96. The average molecular weight is 299 g/mol. The van der Waals surface area contributed by atoms with Gasteiger partial charge in [-0.2, -0.15) is 4.98 Å². The van der Waals surface area contributed by atoms with Gasteiger partial charge < -0.3 is 14.7 Å². The Morgan fingerprint density at radius 2 is 2.18 bits per heavy atom. The fourth-order valence-electron chi connectivity index (χ4n) is 2.73. The predicted molar refractivity (Wildman–Crippen MR) is 84.7 cm³/mol. The number of hydrogen-bond donors (Lipinski definition) is 1. The van der Waals surface area contributed by atoms with Crippen LogP contribution in [0.4, 0.5) is 0 Å². The fourth-order valence-corrected chi connectivity index (χ4v) is 2.73. The maximum Gasteiger partial charge on any atom is 0.228 e. The molecule has 1 aliphatic rings. The van der Waals surface area contributed by atoms with Crippen LogP contribution in [-0.4, -0.2) is 41.1 Å². The monoisotopic (exact) mass is 299 g/mol. The van der Waals surface area contributed by atoms with Gasteiger partial charge in [-0.1, -0.05) is 29.4 Å². The highest BCUT2D eigenvalue weighted by atomic mass is 16.5. The van der Waals surface area contributed by atoms with Crippen molar-refractivity contribution in [3.63, 3.8) is 0 Å². The molecule has 6 nitrogen and oxygen atoms in total. The first-order valence-corrected chi connectivity index (χ1v) is 7.58. The summed E-state index contributed by atoms with van der Waals surface area (Å²) < 4.78 is 5.12. The van der Waals surface area contributed by atoms with Crippen LogP contribution in [0, 0.1) is 6.92 Å². The quantitative estimate of drug-likeness (QED) is 0.688. The molecule has 1 aliphatic heterocycles. The van der Waals surface area contributed by atoms with Gasteiger partial charge >= 0.3 is 0 Å². The highest BCUT2D eigenvalue weighted by Crippen LogP contribution is 2.18. The van der Waals surface area contributed by atoms with Gasteiger partial charge in [0.1, 0.15) is 0 Å². The van der Waals surface area contributed by atoms with E-state index in [0.29, 0.717) is 18.1 Å². The molecule has 3 rings (SSSR count). The van der Waals surface area contributed by atoms with Crippen LogP contribution in [0.1, 0.15) is 22.8 Å². The van der Waals surface area contributed by atoms with Crippen LogP contribution < -0.4 is 5.32 Å². The SMILES string of the molecule is CN=C(NCCc1nc(C)no1)N1CCc2ccccc2C1. The van der Waals surface area contributed by atoms with E-state index >= 15 is 0 Å². The zero-order valence-corrected chi connectivity index (χ0v) is 13.0. The molecule has 6 heteroatoms. The molecule has 0 fully saturated rings. The minimum absolute atomic E-state index is 0.657. The van der Waals surface area contributed by atoms with Gasteiger partial charge in [0.25, 0.3) is 0 Å². The molecule has 1 N–H and O–H groups in total. The van der Waals surface area contributed by atoms with Crippen LogP contribution in [0.5, 0.6) is 0 Å². The third kappa shape index (κ3) is 3.27. The minimum Gasteiger partial charge on any atom is -0.356 e. The van der Waals surface area contributed by atoms with Crippen LogP contribution >= 0.6 is 0 Å². The summed E-state index contributed by atoms with van der Waals surface area (Å²) in [5.74, 6) is 2.25. The number of aryl methyl sites for hydroxylation is 1. The van der Waals surface area contributed by atoms with Crippen molar-refractivity contribution < 1.29 is 4.52 Å². The van der Waals surface area contributed by atoms with Crippen molar-refractivity contribution in [3.05, 3.63) is 47.1 Å². The lowest BCUT2D eigenvalue weighted by Crippen LogP contribution is -2.44. The summed E-state index contributed by atoms with van der Waals surface area (Å²) in [6.45, 7) is 4.43. The summed E-state index contributed by atoms with van der Waals surface area (Å²) >= 11 is 0. The van der Waals surface area contributed by atoms with Gasteiger partial charge in [0.05, 0.1) is 0 Å². The summed E-state index contributed by atoms with van der Waals surface area (Å²) in [5, 5.41) is 7.17. The second kappa shape index (κ2) is 6.60. The number of nitrogens with zero attached hydrogens (tertiary/aromatic N) is 4.